The van der Waals surface area contributed by atoms with Crippen molar-refractivity contribution >= 4 is 23.5 Å². The highest BCUT2D eigenvalue weighted by atomic mass is 16.5. The van der Waals surface area contributed by atoms with Gasteiger partial charge in [-0.3, -0.25) is 9.59 Å². The number of hydrogen-bond acceptors (Lipinski definition) is 5. The Hall–Kier alpha value is -2.88. The summed E-state index contributed by atoms with van der Waals surface area (Å²) in [6.45, 7) is 1.34. The van der Waals surface area contributed by atoms with E-state index in [4.69, 9.17) is 5.26 Å². The molecule has 1 rings (SSSR count). The van der Waals surface area contributed by atoms with Crippen LogP contribution >= 0.6 is 0 Å². The molecule has 0 aromatic heterocycles. The quantitative estimate of drug-likeness (QED) is 0.586. The number of ether oxygens (including phenoxy) is 1. The number of unbranched alkanes of at least 4 members (excludes halogenated alkanes) is 1. The molecule has 0 heterocycles. The molecule has 0 radical (unpaired) electrons. The van der Waals surface area contributed by atoms with Gasteiger partial charge in [-0.1, -0.05) is 12.1 Å². The first kappa shape index (κ1) is 18.2. The predicted molar refractivity (Wildman–Crippen MR) is 83.5 cm³/mol. The Morgan fingerprint density at radius 1 is 1.30 bits per heavy atom. The van der Waals surface area contributed by atoms with Crippen molar-refractivity contribution < 1.29 is 19.1 Å². The Balaban J connectivity index is 2.88. The third-order valence-electron chi connectivity index (χ3n) is 3.05. The maximum absolute atomic E-state index is 12.4. The fraction of sp³-hybridized carbons (Fsp3) is 0.375. The average molecular weight is 317 g/mol. The molecule has 0 unspecified atom stereocenters. The number of para-hydroxylation sites is 1. The Morgan fingerprint density at radius 3 is 2.61 bits per heavy atom. The van der Waals surface area contributed by atoms with E-state index in [-0.39, 0.29) is 17.9 Å². The standard InChI is InChI=1S/C16H19N3O4/c1-11(20)18-13-8-4-3-7-12(13)15(21)19-14(16(22)23-2)9-5-6-10-17/h3-4,7-8,14H,5-6,9H2,1-2H3,(H,18,20)(H,19,21)/t14-/m1/s1. The first-order valence-electron chi connectivity index (χ1n) is 7.11. The molecule has 1 aromatic carbocycles. The molecule has 0 saturated carbocycles. The molecular formula is C16H19N3O4. The van der Waals surface area contributed by atoms with Crippen LogP contribution in [-0.4, -0.2) is 30.9 Å². The van der Waals surface area contributed by atoms with Crippen LogP contribution in [0.4, 0.5) is 5.69 Å². The summed E-state index contributed by atoms with van der Waals surface area (Å²) in [5.74, 6) is -1.38. The van der Waals surface area contributed by atoms with E-state index in [0.29, 0.717) is 18.5 Å². The SMILES string of the molecule is COC(=O)[C@@H](CCCC#N)NC(=O)c1ccccc1NC(C)=O. The fourth-order valence-corrected chi connectivity index (χ4v) is 1.99. The van der Waals surface area contributed by atoms with E-state index in [1.54, 1.807) is 24.3 Å². The molecule has 0 aliphatic carbocycles. The molecule has 2 amide bonds. The van der Waals surface area contributed by atoms with Crippen molar-refractivity contribution in [3.8, 4) is 6.07 Å². The van der Waals surface area contributed by atoms with Crippen LogP contribution in [0.15, 0.2) is 24.3 Å². The van der Waals surface area contributed by atoms with E-state index in [9.17, 15) is 14.4 Å². The summed E-state index contributed by atoms with van der Waals surface area (Å²) in [4.78, 5) is 35.3. The molecule has 0 aliphatic rings. The number of nitrogens with zero attached hydrogens (tertiary/aromatic N) is 1. The molecule has 2 N–H and O–H groups in total. The summed E-state index contributed by atoms with van der Waals surface area (Å²) in [6.07, 6.45) is 1.05. The van der Waals surface area contributed by atoms with Gasteiger partial charge >= 0.3 is 5.97 Å². The van der Waals surface area contributed by atoms with Gasteiger partial charge in [0.1, 0.15) is 6.04 Å². The normalized spacial score (nSPS) is 11.0. The molecule has 0 aliphatic heterocycles. The zero-order valence-electron chi connectivity index (χ0n) is 13.1. The van der Waals surface area contributed by atoms with Crippen molar-refractivity contribution in [3.63, 3.8) is 0 Å². The molecule has 1 atom stereocenters. The summed E-state index contributed by atoms with van der Waals surface area (Å²) in [5, 5.41) is 13.7. The third kappa shape index (κ3) is 5.79. The summed E-state index contributed by atoms with van der Waals surface area (Å²) in [6, 6.07) is 7.63. The molecule has 122 valence electrons. The highest BCUT2D eigenvalue weighted by Gasteiger charge is 2.23. The van der Waals surface area contributed by atoms with Crippen molar-refractivity contribution in [2.24, 2.45) is 0 Å². The minimum Gasteiger partial charge on any atom is -0.467 e. The number of esters is 1. The van der Waals surface area contributed by atoms with Gasteiger partial charge in [0.05, 0.1) is 24.4 Å². The molecule has 1 aromatic rings. The fourth-order valence-electron chi connectivity index (χ4n) is 1.99. The van der Waals surface area contributed by atoms with Gasteiger partial charge in [-0.15, -0.1) is 0 Å². The van der Waals surface area contributed by atoms with E-state index < -0.39 is 17.9 Å². The molecule has 0 bridgehead atoms. The Bertz CT molecular complexity index is 622. The van der Waals surface area contributed by atoms with Gasteiger partial charge in [-0.25, -0.2) is 4.79 Å². The van der Waals surface area contributed by atoms with Gasteiger partial charge in [0.15, 0.2) is 0 Å². The molecular weight excluding hydrogens is 298 g/mol. The van der Waals surface area contributed by atoms with Crippen molar-refractivity contribution in [1.29, 1.82) is 5.26 Å². The smallest absolute Gasteiger partial charge is 0.328 e. The number of carbonyl (C=O) groups excluding carboxylic acids is 3. The molecule has 23 heavy (non-hydrogen) atoms. The number of nitrogens with one attached hydrogen (secondary N) is 2. The number of carbonyl (C=O) groups is 3. The maximum Gasteiger partial charge on any atom is 0.328 e. The maximum atomic E-state index is 12.4. The van der Waals surface area contributed by atoms with Crippen molar-refractivity contribution in [2.75, 3.05) is 12.4 Å². The van der Waals surface area contributed by atoms with Crippen molar-refractivity contribution in [3.05, 3.63) is 29.8 Å². The number of rotatable bonds is 7. The van der Waals surface area contributed by atoms with Gasteiger partial charge in [0, 0.05) is 13.3 Å². The molecule has 7 nitrogen and oxygen atoms in total. The van der Waals surface area contributed by atoms with Crippen LogP contribution in [0.5, 0.6) is 0 Å². The minimum absolute atomic E-state index is 0.247. The van der Waals surface area contributed by atoms with Crippen LogP contribution in [0.3, 0.4) is 0 Å². The molecule has 0 saturated heterocycles. The van der Waals surface area contributed by atoms with Crippen LogP contribution in [-0.2, 0) is 14.3 Å². The summed E-state index contributed by atoms with van der Waals surface area (Å²) in [7, 11) is 1.23. The minimum atomic E-state index is -0.841. The summed E-state index contributed by atoms with van der Waals surface area (Å²) < 4.78 is 4.67. The second-order valence-corrected chi connectivity index (χ2v) is 4.83. The number of amides is 2. The number of anilines is 1. The van der Waals surface area contributed by atoms with Gasteiger partial charge in [0.2, 0.25) is 5.91 Å². The monoisotopic (exact) mass is 317 g/mol. The number of nitriles is 1. The Labute approximate surface area is 134 Å². The van der Waals surface area contributed by atoms with E-state index in [2.05, 4.69) is 15.4 Å². The van der Waals surface area contributed by atoms with E-state index in [1.165, 1.54) is 14.0 Å². The third-order valence-corrected chi connectivity index (χ3v) is 3.05. The molecule has 7 heteroatoms. The van der Waals surface area contributed by atoms with E-state index in [0.717, 1.165) is 0 Å². The highest BCUT2D eigenvalue weighted by molar-refractivity contribution is 6.04. The lowest BCUT2D eigenvalue weighted by atomic mass is 10.1. The van der Waals surface area contributed by atoms with Crippen molar-refractivity contribution in [2.45, 2.75) is 32.2 Å². The number of hydrogen-bond donors (Lipinski definition) is 2. The van der Waals surface area contributed by atoms with Gasteiger partial charge in [-0.05, 0) is 25.0 Å². The average Bonchev–Trinajstić information content (AvgIpc) is 2.53. The van der Waals surface area contributed by atoms with Crippen LogP contribution in [0.2, 0.25) is 0 Å². The van der Waals surface area contributed by atoms with E-state index >= 15 is 0 Å². The lowest BCUT2D eigenvalue weighted by Gasteiger charge is -2.17. The Kier molecular flexibility index (Phi) is 7.27. The predicted octanol–water partition coefficient (Wildman–Crippen LogP) is 1.61. The molecule has 0 spiro atoms. The lowest BCUT2D eigenvalue weighted by Crippen LogP contribution is -2.41. The summed E-state index contributed by atoms with van der Waals surface area (Å²) >= 11 is 0. The first-order chi connectivity index (χ1) is 11.0. The topological polar surface area (TPSA) is 108 Å². The zero-order valence-corrected chi connectivity index (χ0v) is 13.1. The Morgan fingerprint density at radius 2 is 2.00 bits per heavy atom. The lowest BCUT2D eigenvalue weighted by molar-refractivity contribution is -0.143. The van der Waals surface area contributed by atoms with Gasteiger partial charge in [0.25, 0.3) is 5.91 Å². The van der Waals surface area contributed by atoms with Crippen LogP contribution in [0.1, 0.15) is 36.5 Å². The van der Waals surface area contributed by atoms with Crippen LogP contribution in [0.25, 0.3) is 0 Å². The van der Waals surface area contributed by atoms with Crippen LogP contribution < -0.4 is 10.6 Å². The van der Waals surface area contributed by atoms with Crippen molar-refractivity contribution in [1.82, 2.24) is 5.32 Å². The van der Waals surface area contributed by atoms with Crippen LogP contribution in [0, 0.1) is 11.3 Å². The number of benzene rings is 1. The van der Waals surface area contributed by atoms with E-state index in [1.807, 2.05) is 6.07 Å². The zero-order chi connectivity index (χ0) is 17.2. The largest absolute Gasteiger partial charge is 0.467 e. The first-order valence-corrected chi connectivity index (χ1v) is 7.11. The second kappa shape index (κ2) is 9.20. The highest BCUT2D eigenvalue weighted by Crippen LogP contribution is 2.15. The van der Waals surface area contributed by atoms with Gasteiger partial charge in [-0.2, -0.15) is 5.26 Å². The summed E-state index contributed by atoms with van der Waals surface area (Å²) in [5.41, 5.74) is 0.607. The second-order valence-electron chi connectivity index (χ2n) is 4.83. The number of methoxy groups -OCH3 is 1. The van der Waals surface area contributed by atoms with Gasteiger partial charge < -0.3 is 15.4 Å². The molecule has 0 fully saturated rings.